The maximum Gasteiger partial charge on any atom is 0.234 e. The maximum absolute atomic E-state index is 12.5. The average molecular weight is 450 g/mol. The zero-order chi connectivity index (χ0) is 22.2. The molecular weight excluding hydrogens is 422 g/mol. The summed E-state index contributed by atoms with van der Waals surface area (Å²) in [7, 11) is 0. The fourth-order valence-corrected chi connectivity index (χ4v) is 4.28. The van der Waals surface area contributed by atoms with Crippen LogP contribution in [0.4, 0.5) is 5.69 Å². The Bertz CT molecular complexity index is 1030. The Morgan fingerprint density at radius 3 is 2.56 bits per heavy atom. The van der Waals surface area contributed by atoms with Crippen LogP contribution in [0.3, 0.4) is 0 Å². The van der Waals surface area contributed by atoms with Gasteiger partial charge in [0.1, 0.15) is 0 Å². The van der Waals surface area contributed by atoms with E-state index in [2.05, 4.69) is 39.1 Å². The van der Waals surface area contributed by atoms with Crippen LogP contribution in [0, 0.1) is 0 Å². The lowest BCUT2D eigenvalue weighted by Gasteiger charge is -2.26. The van der Waals surface area contributed by atoms with Gasteiger partial charge in [-0.25, -0.2) is 0 Å². The van der Waals surface area contributed by atoms with E-state index >= 15 is 0 Å². The number of carbonyl (C=O) groups is 1. The van der Waals surface area contributed by atoms with Crippen LogP contribution in [0.5, 0.6) is 0 Å². The van der Waals surface area contributed by atoms with Crippen molar-refractivity contribution in [1.82, 2.24) is 19.7 Å². The van der Waals surface area contributed by atoms with Crippen molar-refractivity contribution in [2.45, 2.75) is 18.2 Å². The molecule has 0 radical (unpaired) electrons. The minimum atomic E-state index is -0.0784. The van der Waals surface area contributed by atoms with Gasteiger partial charge in [-0.15, -0.1) is 16.8 Å². The Morgan fingerprint density at radius 1 is 1.09 bits per heavy atom. The van der Waals surface area contributed by atoms with E-state index in [1.165, 1.54) is 17.3 Å². The SMILES string of the molecule is C=CCn1c(SCC(=O)Nc2ccc(CN3CCOCC3)cc2)nnc1-c1ccccc1. The van der Waals surface area contributed by atoms with Crippen molar-refractivity contribution >= 4 is 23.4 Å². The van der Waals surface area contributed by atoms with Crippen LogP contribution in [0.2, 0.25) is 0 Å². The Morgan fingerprint density at radius 2 is 1.84 bits per heavy atom. The third kappa shape index (κ3) is 5.85. The summed E-state index contributed by atoms with van der Waals surface area (Å²) in [6, 6.07) is 17.9. The maximum atomic E-state index is 12.5. The Balaban J connectivity index is 1.33. The molecule has 7 nitrogen and oxygen atoms in total. The highest BCUT2D eigenvalue weighted by atomic mass is 32.2. The van der Waals surface area contributed by atoms with Crippen molar-refractivity contribution in [3.05, 3.63) is 72.8 Å². The second kappa shape index (κ2) is 11.1. The van der Waals surface area contributed by atoms with Crippen LogP contribution in [0.15, 0.2) is 72.4 Å². The molecule has 1 fully saturated rings. The Labute approximate surface area is 192 Å². The summed E-state index contributed by atoms with van der Waals surface area (Å²) in [5, 5.41) is 12.3. The van der Waals surface area contributed by atoms with Crippen molar-refractivity contribution < 1.29 is 9.53 Å². The van der Waals surface area contributed by atoms with Gasteiger partial charge in [-0.1, -0.05) is 60.3 Å². The smallest absolute Gasteiger partial charge is 0.234 e. The summed E-state index contributed by atoms with van der Waals surface area (Å²) in [5.41, 5.74) is 3.00. The predicted molar refractivity (Wildman–Crippen MR) is 128 cm³/mol. The molecule has 0 saturated carbocycles. The highest BCUT2D eigenvalue weighted by Gasteiger charge is 2.15. The summed E-state index contributed by atoms with van der Waals surface area (Å²) in [6.07, 6.45) is 1.80. The van der Waals surface area contributed by atoms with Crippen molar-refractivity contribution in [1.29, 1.82) is 0 Å². The molecule has 0 spiro atoms. The zero-order valence-electron chi connectivity index (χ0n) is 17.9. The number of aromatic nitrogens is 3. The molecule has 1 amide bonds. The third-order valence-electron chi connectivity index (χ3n) is 5.14. The zero-order valence-corrected chi connectivity index (χ0v) is 18.8. The molecule has 1 saturated heterocycles. The highest BCUT2D eigenvalue weighted by molar-refractivity contribution is 7.99. The van der Waals surface area contributed by atoms with Crippen molar-refractivity contribution in [2.75, 3.05) is 37.4 Å². The van der Waals surface area contributed by atoms with Gasteiger partial charge in [0, 0.05) is 37.4 Å². The highest BCUT2D eigenvalue weighted by Crippen LogP contribution is 2.24. The van der Waals surface area contributed by atoms with E-state index in [4.69, 9.17) is 4.74 Å². The molecule has 4 rings (SSSR count). The number of amides is 1. The van der Waals surface area contributed by atoms with Gasteiger partial charge in [0.05, 0.1) is 19.0 Å². The molecule has 0 bridgehead atoms. The van der Waals surface area contributed by atoms with Crippen LogP contribution < -0.4 is 5.32 Å². The van der Waals surface area contributed by atoms with Crippen molar-refractivity contribution in [2.24, 2.45) is 0 Å². The number of thioether (sulfide) groups is 1. The summed E-state index contributed by atoms with van der Waals surface area (Å²) in [6.45, 7) is 8.80. The van der Waals surface area contributed by atoms with E-state index in [-0.39, 0.29) is 11.7 Å². The molecule has 2 heterocycles. The van der Waals surface area contributed by atoms with Crippen LogP contribution in [-0.4, -0.2) is 57.6 Å². The molecule has 1 aliphatic heterocycles. The van der Waals surface area contributed by atoms with Crippen LogP contribution in [0.1, 0.15) is 5.56 Å². The molecule has 0 atom stereocenters. The van der Waals surface area contributed by atoms with E-state index in [1.807, 2.05) is 47.0 Å². The molecular formula is C24H27N5O2S. The normalized spacial score (nSPS) is 14.2. The molecule has 3 aromatic rings. The second-order valence-corrected chi connectivity index (χ2v) is 8.44. The molecule has 1 aliphatic rings. The third-order valence-corrected chi connectivity index (χ3v) is 6.11. The molecule has 0 unspecified atom stereocenters. The number of rotatable bonds is 9. The first kappa shape index (κ1) is 22.3. The van der Waals surface area contributed by atoms with Crippen molar-refractivity contribution in [3.63, 3.8) is 0 Å². The van der Waals surface area contributed by atoms with Gasteiger partial charge < -0.3 is 10.1 Å². The summed E-state index contributed by atoms with van der Waals surface area (Å²) < 4.78 is 7.37. The number of nitrogens with one attached hydrogen (secondary N) is 1. The lowest BCUT2D eigenvalue weighted by Crippen LogP contribution is -2.35. The number of ether oxygens (including phenoxy) is 1. The quantitative estimate of drug-likeness (QED) is 0.397. The number of hydrogen-bond donors (Lipinski definition) is 1. The first-order chi connectivity index (χ1) is 15.7. The standard InChI is InChI=1S/C24H27N5O2S/c1-2-12-29-23(20-6-4-3-5-7-20)26-27-24(29)32-18-22(30)25-21-10-8-19(9-11-21)17-28-13-15-31-16-14-28/h2-11H,1,12-18H2,(H,25,30). The minimum absolute atomic E-state index is 0.0784. The van der Waals surface area contributed by atoms with Gasteiger partial charge in [-0.2, -0.15) is 0 Å². The van der Waals surface area contributed by atoms with Gasteiger partial charge in [0.15, 0.2) is 11.0 Å². The summed E-state index contributed by atoms with van der Waals surface area (Å²) >= 11 is 1.37. The number of carbonyl (C=O) groups excluding carboxylic acids is 1. The lowest BCUT2D eigenvalue weighted by molar-refractivity contribution is -0.113. The van der Waals surface area contributed by atoms with Crippen LogP contribution >= 0.6 is 11.8 Å². The van der Waals surface area contributed by atoms with Crippen molar-refractivity contribution in [3.8, 4) is 11.4 Å². The van der Waals surface area contributed by atoms with Crippen LogP contribution in [-0.2, 0) is 22.6 Å². The Hall–Kier alpha value is -2.94. The fraction of sp³-hybridized carbons (Fsp3) is 0.292. The van der Waals surface area contributed by atoms with E-state index in [9.17, 15) is 4.79 Å². The molecule has 166 valence electrons. The molecule has 2 aromatic carbocycles. The second-order valence-electron chi connectivity index (χ2n) is 7.49. The minimum Gasteiger partial charge on any atom is -0.379 e. The average Bonchev–Trinajstić information content (AvgIpc) is 3.23. The van der Waals surface area contributed by atoms with Gasteiger partial charge in [0.2, 0.25) is 5.91 Å². The molecule has 0 aliphatic carbocycles. The number of benzene rings is 2. The molecule has 32 heavy (non-hydrogen) atoms. The molecule has 8 heteroatoms. The molecule has 1 N–H and O–H groups in total. The van der Waals surface area contributed by atoms with Gasteiger partial charge >= 0.3 is 0 Å². The fourth-order valence-electron chi connectivity index (χ4n) is 3.53. The van der Waals surface area contributed by atoms with Crippen LogP contribution in [0.25, 0.3) is 11.4 Å². The number of morpholine rings is 1. The lowest BCUT2D eigenvalue weighted by atomic mass is 10.2. The van der Waals surface area contributed by atoms with Gasteiger partial charge in [0.25, 0.3) is 0 Å². The number of allylic oxidation sites excluding steroid dienone is 1. The topological polar surface area (TPSA) is 72.3 Å². The molecule has 1 aromatic heterocycles. The Kier molecular flexibility index (Phi) is 7.71. The predicted octanol–water partition coefficient (Wildman–Crippen LogP) is 3.69. The first-order valence-electron chi connectivity index (χ1n) is 10.6. The van der Waals surface area contributed by atoms with E-state index in [0.717, 1.165) is 49.9 Å². The van der Waals surface area contributed by atoms with Gasteiger partial charge in [-0.05, 0) is 17.7 Å². The summed E-state index contributed by atoms with van der Waals surface area (Å²) in [5.74, 6) is 0.939. The van der Waals surface area contributed by atoms with E-state index in [1.54, 1.807) is 6.08 Å². The summed E-state index contributed by atoms with van der Waals surface area (Å²) in [4.78, 5) is 14.9. The number of hydrogen-bond acceptors (Lipinski definition) is 6. The largest absolute Gasteiger partial charge is 0.379 e. The van der Waals surface area contributed by atoms with E-state index < -0.39 is 0 Å². The monoisotopic (exact) mass is 449 g/mol. The van der Waals surface area contributed by atoms with Gasteiger partial charge in [-0.3, -0.25) is 14.3 Å². The van der Waals surface area contributed by atoms with E-state index in [0.29, 0.717) is 11.7 Å². The number of nitrogens with zero attached hydrogens (tertiary/aromatic N) is 4. The first-order valence-corrected chi connectivity index (χ1v) is 11.6. The number of anilines is 1.